The van der Waals surface area contributed by atoms with Crippen LogP contribution in [0, 0.1) is 5.92 Å². The van der Waals surface area contributed by atoms with Gasteiger partial charge in [0.15, 0.2) is 0 Å². The molecule has 1 aromatic carbocycles. The molecule has 2 nitrogen and oxygen atoms in total. The van der Waals surface area contributed by atoms with Gasteiger partial charge in [0.2, 0.25) is 0 Å². The molecule has 0 spiro atoms. The van der Waals surface area contributed by atoms with Crippen LogP contribution in [0.15, 0.2) is 6.07 Å². The van der Waals surface area contributed by atoms with Crippen molar-refractivity contribution in [3.8, 4) is 0 Å². The minimum absolute atomic E-state index is 0.339. The first kappa shape index (κ1) is 18.3. The SMILES string of the molecule is CC(C)CNCCOCCc1c(Cl)cc(Cl)c(Cl)c1Cl. The second-order valence-electron chi connectivity index (χ2n) is 4.91. The smallest absolute Gasteiger partial charge is 0.0782 e. The Bertz CT molecular complexity index is 438. The van der Waals surface area contributed by atoms with Gasteiger partial charge in [0.05, 0.1) is 28.3 Å². The summed E-state index contributed by atoms with van der Waals surface area (Å²) >= 11 is 24.1. The molecule has 0 bridgehead atoms. The van der Waals surface area contributed by atoms with Crippen molar-refractivity contribution >= 4 is 46.4 Å². The Morgan fingerprint density at radius 2 is 1.75 bits per heavy atom. The molecular formula is C14H19Cl4NO. The zero-order valence-corrected chi connectivity index (χ0v) is 14.6. The van der Waals surface area contributed by atoms with Crippen LogP contribution in [0.4, 0.5) is 0 Å². The van der Waals surface area contributed by atoms with Gasteiger partial charge in [-0.05, 0) is 30.5 Å². The van der Waals surface area contributed by atoms with E-state index in [0.29, 0.717) is 45.6 Å². The highest BCUT2D eigenvalue weighted by atomic mass is 35.5. The van der Waals surface area contributed by atoms with Gasteiger partial charge in [0, 0.05) is 11.6 Å². The summed E-state index contributed by atoms with van der Waals surface area (Å²) in [6.45, 7) is 7.36. The molecule has 114 valence electrons. The average Bonchev–Trinajstić information content (AvgIpc) is 2.38. The average molecular weight is 359 g/mol. The first-order chi connectivity index (χ1) is 9.43. The van der Waals surface area contributed by atoms with Gasteiger partial charge < -0.3 is 10.1 Å². The Morgan fingerprint density at radius 3 is 2.40 bits per heavy atom. The van der Waals surface area contributed by atoms with Crippen LogP contribution in [0.3, 0.4) is 0 Å². The lowest BCUT2D eigenvalue weighted by Crippen LogP contribution is -2.24. The molecule has 0 fully saturated rings. The van der Waals surface area contributed by atoms with E-state index in [9.17, 15) is 0 Å². The quantitative estimate of drug-likeness (QED) is 0.396. The summed E-state index contributed by atoms with van der Waals surface area (Å²) in [5, 5.41) is 4.94. The molecule has 1 aromatic rings. The van der Waals surface area contributed by atoms with Crippen LogP contribution in [0.2, 0.25) is 20.1 Å². The zero-order chi connectivity index (χ0) is 15.1. The van der Waals surface area contributed by atoms with E-state index in [1.54, 1.807) is 6.07 Å². The molecule has 0 atom stereocenters. The summed E-state index contributed by atoms with van der Waals surface area (Å²) < 4.78 is 5.54. The third-order valence-electron chi connectivity index (χ3n) is 2.68. The maximum absolute atomic E-state index is 6.13. The Morgan fingerprint density at radius 1 is 1.05 bits per heavy atom. The second-order valence-corrected chi connectivity index (χ2v) is 6.48. The van der Waals surface area contributed by atoms with Crippen LogP contribution < -0.4 is 5.32 Å². The molecule has 6 heteroatoms. The molecule has 0 aliphatic carbocycles. The lowest BCUT2D eigenvalue weighted by molar-refractivity contribution is 0.138. The maximum Gasteiger partial charge on any atom is 0.0782 e. The Kier molecular flexibility index (Phi) is 8.57. The van der Waals surface area contributed by atoms with E-state index >= 15 is 0 Å². The van der Waals surface area contributed by atoms with Crippen molar-refractivity contribution in [2.24, 2.45) is 5.92 Å². The van der Waals surface area contributed by atoms with Crippen molar-refractivity contribution in [3.63, 3.8) is 0 Å². The molecule has 1 N–H and O–H groups in total. The number of ether oxygens (including phenoxy) is 1. The number of halogens is 4. The number of nitrogens with one attached hydrogen (secondary N) is 1. The topological polar surface area (TPSA) is 21.3 Å². The lowest BCUT2D eigenvalue weighted by Gasteiger charge is -2.11. The third-order valence-corrected chi connectivity index (χ3v) is 4.32. The van der Waals surface area contributed by atoms with Crippen molar-refractivity contribution < 1.29 is 4.74 Å². The van der Waals surface area contributed by atoms with Crippen LogP contribution in [-0.4, -0.2) is 26.3 Å². The summed E-state index contributed by atoms with van der Waals surface area (Å²) in [4.78, 5) is 0. The van der Waals surface area contributed by atoms with Gasteiger partial charge in [-0.2, -0.15) is 0 Å². The van der Waals surface area contributed by atoms with Crippen molar-refractivity contribution in [3.05, 3.63) is 31.7 Å². The molecule has 0 heterocycles. The fourth-order valence-corrected chi connectivity index (χ4v) is 2.77. The fraction of sp³-hybridized carbons (Fsp3) is 0.571. The fourth-order valence-electron chi connectivity index (χ4n) is 1.64. The maximum atomic E-state index is 6.13. The van der Waals surface area contributed by atoms with Gasteiger partial charge in [0.1, 0.15) is 0 Å². The Balaban J connectivity index is 2.34. The van der Waals surface area contributed by atoms with Crippen LogP contribution in [-0.2, 0) is 11.2 Å². The highest BCUT2D eigenvalue weighted by Gasteiger charge is 2.13. The predicted molar refractivity (Wildman–Crippen MR) is 88.7 cm³/mol. The summed E-state index contributed by atoms with van der Waals surface area (Å²) in [6, 6.07) is 1.61. The highest BCUT2D eigenvalue weighted by molar-refractivity contribution is 6.49. The van der Waals surface area contributed by atoms with E-state index in [0.717, 1.165) is 18.7 Å². The number of hydrogen-bond donors (Lipinski definition) is 1. The van der Waals surface area contributed by atoms with Crippen LogP contribution >= 0.6 is 46.4 Å². The molecule has 0 saturated carbocycles. The molecule has 20 heavy (non-hydrogen) atoms. The van der Waals surface area contributed by atoms with Gasteiger partial charge in [-0.3, -0.25) is 0 Å². The largest absolute Gasteiger partial charge is 0.380 e. The molecule has 0 saturated heterocycles. The first-order valence-corrected chi connectivity index (χ1v) is 8.05. The standard InChI is InChI=1S/C14H19Cl4NO/c1-9(2)8-19-4-6-20-5-3-10-11(15)7-12(16)14(18)13(10)17/h7,9,19H,3-6,8H2,1-2H3. The molecular weight excluding hydrogens is 340 g/mol. The molecule has 0 radical (unpaired) electrons. The predicted octanol–water partition coefficient (Wildman–Crippen LogP) is 5.10. The summed E-state index contributed by atoms with van der Waals surface area (Å²) in [6.07, 6.45) is 0.610. The number of hydrogen-bond acceptors (Lipinski definition) is 2. The Labute approximate surface area is 140 Å². The normalized spacial score (nSPS) is 11.3. The van der Waals surface area contributed by atoms with E-state index in [1.165, 1.54) is 0 Å². The van der Waals surface area contributed by atoms with E-state index in [-0.39, 0.29) is 0 Å². The molecule has 0 aliphatic rings. The van der Waals surface area contributed by atoms with E-state index in [2.05, 4.69) is 19.2 Å². The molecule has 1 rings (SSSR count). The molecule has 0 aliphatic heterocycles. The van der Waals surface area contributed by atoms with Crippen molar-refractivity contribution in [2.45, 2.75) is 20.3 Å². The van der Waals surface area contributed by atoms with Gasteiger partial charge in [-0.15, -0.1) is 0 Å². The van der Waals surface area contributed by atoms with Crippen molar-refractivity contribution in [1.29, 1.82) is 0 Å². The summed E-state index contributed by atoms with van der Waals surface area (Å²) in [7, 11) is 0. The van der Waals surface area contributed by atoms with Crippen molar-refractivity contribution in [1.82, 2.24) is 5.32 Å². The van der Waals surface area contributed by atoms with Crippen LogP contribution in [0.1, 0.15) is 19.4 Å². The van der Waals surface area contributed by atoms with E-state index in [4.69, 9.17) is 51.1 Å². The van der Waals surface area contributed by atoms with Crippen molar-refractivity contribution in [2.75, 3.05) is 26.3 Å². The van der Waals surface area contributed by atoms with E-state index < -0.39 is 0 Å². The van der Waals surface area contributed by atoms with Gasteiger partial charge in [0.25, 0.3) is 0 Å². The lowest BCUT2D eigenvalue weighted by atomic mass is 10.1. The number of rotatable bonds is 8. The van der Waals surface area contributed by atoms with Gasteiger partial charge >= 0.3 is 0 Å². The molecule has 0 unspecified atom stereocenters. The van der Waals surface area contributed by atoms with E-state index in [1.807, 2.05) is 0 Å². The highest BCUT2D eigenvalue weighted by Crippen LogP contribution is 2.37. The van der Waals surface area contributed by atoms with Gasteiger partial charge in [-0.1, -0.05) is 60.3 Å². The molecule has 0 aromatic heterocycles. The Hall–Kier alpha value is 0.300. The third kappa shape index (κ3) is 5.97. The summed E-state index contributed by atoms with van der Waals surface area (Å²) in [5.74, 6) is 0.642. The second kappa shape index (κ2) is 9.34. The van der Waals surface area contributed by atoms with Gasteiger partial charge in [-0.25, -0.2) is 0 Å². The zero-order valence-electron chi connectivity index (χ0n) is 11.6. The molecule has 0 amide bonds. The van der Waals surface area contributed by atoms with Crippen LogP contribution in [0.5, 0.6) is 0 Å². The minimum atomic E-state index is 0.339. The monoisotopic (exact) mass is 357 g/mol. The summed E-state index contributed by atoms with van der Waals surface area (Å²) in [5.41, 5.74) is 0.776. The van der Waals surface area contributed by atoms with Crippen LogP contribution in [0.25, 0.3) is 0 Å². The first-order valence-electron chi connectivity index (χ1n) is 6.53. The minimum Gasteiger partial charge on any atom is -0.380 e. The number of benzene rings is 1.